The van der Waals surface area contributed by atoms with Crippen molar-refractivity contribution in [2.45, 2.75) is 50.8 Å². The molecule has 2 aromatic carbocycles. The molecule has 1 heterocycles. The molecule has 1 saturated carbocycles. The molecule has 1 unspecified atom stereocenters. The molecule has 152 valence electrons. The number of amides is 2. The lowest BCUT2D eigenvalue weighted by molar-refractivity contribution is -0.120. The Bertz CT molecular complexity index is 875. The average Bonchev–Trinajstić information content (AvgIpc) is 3.16. The molecular formula is C24H28N2O2S. The molecule has 2 fully saturated rings. The molecule has 2 amide bonds. The van der Waals surface area contributed by atoms with Crippen molar-refractivity contribution >= 4 is 35.0 Å². The Morgan fingerprint density at radius 3 is 2.52 bits per heavy atom. The van der Waals surface area contributed by atoms with Crippen molar-refractivity contribution in [1.29, 1.82) is 0 Å². The monoisotopic (exact) mass is 408 g/mol. The third-order valence-electron chi connectivity index (χ3n) is 5.94. The second-order valence-corrected chi connectivity index (χ2v) is 8.92. The van der Waals surface area contributed by atoms with Crippen LogP contribution in [0.25, 0.3) is 0 Å². The standard InChI is InChI=1S/C24H28N2O2S/c1-2-17-8-6-7-11-21(17)26-22(27)16-29-24(26)19-12-14-20(15-13-19)25-23(28)18-9-4-3-5-10-18/h6-8,11-15,18,24H,2-5,9-10,16H2,1H3,(H,25,28). The van der Waals surface area contributed by atoms with Gasteiger partial charge in [-0.2, -0.15) is 0 Å². The molecule has 4 nitrogen and oxygen atoms in total. The number of anilines is 2. The van der Waals surface area contributed by atoms with Gasteiger partial charge in [0, 0.05) is 17.3 Å². The van der Waals surface area contributed by atoms with Gasteiger partial charge in [0.15, 0.2) is 0 Å². The maximum atomic E-state index is 12.7. The van der Waals surface area contributed by atoms with Crippen LogP contribution in [0.1, 0.15) is 55.5 Å². The Balaban J connectivity index is 1.50. The molecule has 1 aliphatic heterocycles. The van der Waals surface area contributed by atoms with Gasteiger partial charge in [-0.1, -0.05) is 56.5 Å². The smallest absolute Gasteiger partial charge is 0.238 e. The third-order valence-corrected chi connectivity index (χ3v) is 7.15. The normalized spacial score (nSPS) is 20.1. The highest BCUT2D eigenvalue weighted by atomic mass is 32.2. The predicted molar refractivity (Wildman–Crippen MR) is 120 cm³/mol. The van der Waals surface area contributed by atoms with E-state index in [0.717, 1.165) is 49.0 Å². The highest BCUT2D eigenvalue weighted by Gasteiger charge is 2.35. The van der Waals surface area contributed by atoms with E-state index in [9.17, 15) is 9.59 Å². The molecule has 0 radical (unpaired) electrons. The summed E-state index contributed by atoms with van der Waals surface area (Å²) in [6.45, 7) is 2.12. The number of thioether (sulfide) groups is 1. The second-order valence-electron chi connectivity index (χ2n) is 7.86. The number of aryl methyl sites for hydroxylation is 1. The summed E-state index contributed by atoms with van der Waals surface area (Å²) in [4.78, 5) is 27.1. The summed E-state index contributed by atoms with van der Waals surface area (Å²) in [6.07, 6.45) is 6.43. The Morgan fingerprint density at radius 1 is 1.07 bits per heavy atom. The van der Waals surface area contributed by atoms with Crippen molar-refractivity contribution in [3.63, 3.8) is 0 Å². The van der Waals surface area contributed by atoms with E-state index in [1.807, 2.05) is 47.4 Å². The summed E-state index contributed by atoms with van der Waals surface area (Å²) in [5.74, 6) is 0.924. The second kappa shape index (κ2) is 9.04. The summed E-state index contributed by atoms with van der Waals surface area (Å²) in [6, 6.07) is 16.1. The number of benzene rings is 2. The number of carbonyl (C=O) groups excluding carboxylic acids is 2. The first-order valence-electron chi connectivity index (χ1n) is 10.6. The number of hydrogen-bond acceptors (Lipinski definition) is 3. The molecular weight excluding hydrogens is 380 g/mol. The zero-order valence-corrected chi connectivity index (χ0v) is 17.7. The molecule has 2 aromatic rings. The van der Waals surface area contributed by atoms with E-state index in [1.54, 1.807) is 11.8 Å². The number of hydrogen-bond donors (Lipinski definition) is 1. The van der Waals surface area contributed by atoms with Crippen LogP contribution in [0.3, 0.4) is 0 Å². The first-order chi connectivity index (χ1) is 14.2. The molecule has 1 aliphatic carbocycles. The fourth-order valence-corrected chi connectivity index (χ4v) is 5.49. The quantitative estimate of drug-likeness (QED) is 0.706. The number of nitrogens with one attached hydrogen (secondary N) is 1. The number of nitrogens with zero attached hydrogens (tertiary/aromatic N) is 1. The fraction of sp³-hybridized carbons (Fsp3) is 0.417. The molecule has 29 heavy (non-hydrogen) atoms. The zero-order chi connectivity index (χ0) is 20.2. The minimum absolute atomic E-state index is 0.0294. The maximum Gasteiger partial charge on any atom is 0.238 e. The van der Waals surface area contributed by atoms with Crippen molar-refractivity contribution in [3.8, 4) is 0 Å². The molecule has 1 saturated heterocycles. The summed E-state index contributed by atoms with van der Waals surface area (Å²) < 4.78 is 0. The summed E-state index contributed by atoms with van der Waals surface area (Å²) in [5, 5.41) is 3.04. The van der Waals surface area contributed by atoms with Crippen LogP contribution in [-0.2, 0) is 16.0 Å². The van der Waals surface area contributed by atoms with Gasteiger partial charge in [-0.15, -0.1) is 11.8 Å². The van der Waals surface area contributed by atoms with Gasteiger partial charge in [-0.25, -0.2) is 0 Å². The van der Waals surface area contributed by atoms with Gasteiger partial charge in [0.2, 0.25) is 11.8 Å². The molecule has 2 aliphatic rings. The zero-order valence-electron chi connectivity index (χ0n) is 16.9. The number of para-hydroxylation sites is 1. The van der Waals surface area contributed by atoms with E-state index in [-0.39, 0.29) is 23.1 Å². The Labute approximate surface area is 177 Å². The van der Waals surface area contributed by atoms with E-state index in [2.05, 4.69) is 18.3 Å². The molecule has 5 heteroatoms. The van der Waals surface area contributed by atoms with Crippen molar-refractivity contribution in [1.82, 2.24) is 0 Å². The van der Waals surface area contributed by atoms with Crippen molar-refractivity contribution in [3.05, 3.63) is 59.7 Å². The topological polar surface area (TPSA) is 49.4 Å². The highest BCUT2D eigenvalue weighted by molar-refractivity contribution is 8.00. The van der Waals surface area contributed by atoms with E-state index < -0.39 is 0 Å². The molecule has 4 rings (SSSR count). The largest absolute Gasteiger partial charge is 0.326 e. The summed E-state index contributed by atoms with van der Waals surface area (Å²) >= 11 is 1.66. The predicted octanol–water partition coefficient (Wildman–Crippen LogP) is 5.55. The lowest BCUT2D eigenvalue weighted by Crippen LogP contribution is -2.28. The van der Waals surface area contributed by atoms with E-state index in [1.165, 1.54) is 12.0 Å². The Kier molecular flexibility index (Phi) is 6.24. The van der Waals surface area contributed by atoms with Crippen LogP contribution in [0, 0.1) is 5.92 Å². The lowest BCUT2D eigenvalue weighted by Gasteiger charge is -2.26. The fourth-order valence-electron chi connectivity index (χ4n) is 4.32. The van der Waals surface area contributed by atoms with Gasteiger partial charge >= 0.3 is 0 Å². The van der Waals surface area contributed by atoms with Crippen LogP contribution in [0.15, 0.2) is 48.5 Å². The van der Waals surface area contributed by atoms with Gasteiger partial charge in [0.25, 0.3) is 0 Å². The van der Waals surface area contributed by atoms with Gasteiger partial charge in [0.05, 0.1) is 5.75 Å². The van der Waals surface area contributed by atoms with Gasteiger partial charge in [-0.3, -0.25) is 14.5 Å². The van der Waals surface area contributed by atoms with Crippen LogP contribution in [-0.4, -0.2) is 17.6 Å². The van der Waals surface area contributed by atoms with E-state index >= 15 is 0 Å². The average molecular weight is 409 g/mol. The van der Waals surface area contributed by atoms with E-state index in [4.69, 9.17) is 0 Å². The maximum absolute atomic E-state index is 12.7. The van der Waals surface area contributed by atoms with Gasteiger partial charge in [-0.05, 0) is 48.6 Å². The minimum Gasteiger partial charge on any atom is -0.326 e. The summed E-state index contributed by atoms with van der Waals surface area (Å²) in [5.41, 5.74) is 4.11. The van der Waals surface area contributed by atoms with Gasteiger partial charge < -0.3 is 5.32 Å². The van der Waals surface area contributed by atoms with Crippen molar-refractivity contribution < 1.29 is 9.59 Å². The molecule has 0 spiro atoms. The minimum atomic E-state index is -0.0294. The van der Waals surface area contributed by atoms with E-state index in [0.29, 0.717) is 5.75 Å². The Morgan fingerprint density at radius 2 is 1.79 bits per heavy atom. The number of rotatable bonds is 5. The van der Waals surface area contributed by atoms with Crippen molar-refractivity contribution in [2.24, 2.45) is 5.92 Å². The first-order valence-corrected chi connectivity index (χ1v) is 11.6. The lowest BCUT2D eigenvalue weighted by atomic mass is 9.88. The third kappa shape index (κ3) is 4.35. The molecule has 0 bridgehead atoms. The molecule has 1 atom stereocenters. The SMILES string of the molecule is CCc1ccccc1N1C(=O)CSC1c1ccc(NC(=O)C2CCCCC2)cc1. The van der Waals surface area contributed by atoms with Crippen LogP contribution in [0.4, 0.5) is 11.4 Å². The first kappa shape index (κ1) is 20.0. The molecule has 1 N–H and O–H groups in total. The van der Waals surface area contributed by atoms with Crippen LogP contribution < -0.4 is 10.2 Å². The van der Waals surface area contributed by atoms with Crippen LogP contribution >= 0.6 is 11.8 Å². The number of carbonyl (C=O) groups is 2. The van der Waals surface area contributed by atoms with Crippen molar-refractivity contribution in [2.75, 3.05) is 16.0 Å². The summed E-state index contributed by atoms with van der Waals surface area (Å²) in [7, 11) is 0. The Hall–Kier alpha value is -2.27. The van der Waals surface area contributed by atoms with Crippen LogP contribution in [0.2, 0.25) is 0 Å². The van der Waals surface area contributed by atoms with Gasteiger partial charge in [0.1, 0.15) is 5.37 Å². The van der Waals surface area contributed by atoms with Crippen LogP contribution in [0.5, 0.6) is 0 Å². The highest BCUT2D eigenvalue weighted by Crippen LogP contribution is 2.43. The molecule has 0 aromatic heterocycles.